The number of piperidine rings is 1. The highest BCUT2D eigenvalue weighted by atomic mass is 35.5. The van der Waals surface area contributed by atoms with E-state index in [4.69, 9.17) is 25.6 Å². The number of ether oxygens (including phenoxy) is 2. The molecule has 3 aromatic rings. The van der Waals surface area contributed by atoms with Gasteiger partial charge in [0.1, 0.15) is 13.2 Å². The number of rotatable bonds is 6. The summed E-state index contributed by atoms with van der Waals surface area (Å²) in [4.78, 5) is 15.3. The minimum absolute atomic E-state index is 0.0793. The lowest BCUT2D eigenvalue weighted by molar-refractivity contribution is 0.0915. The first-order valence-corrected chi connectivity index (χ1v) is 11.7. The van der Waals surface area contributed by atoms with Crippen LogP contribution in [-0.2, 0) is 0 Å². The number of benzene rings is 2. The topological polar surface area (TPSA) is 76.8 Å². The molecule has 2 aliphatic heterocycles. The molecule has 1 aromatic heterocycles. The third-order valence-electron chi connectivity index (χ3n) is 6.11. The summed E-state index contributed by atoms with van der Waals surface area (Å²) in [5, 5.41) is 7.74. The average molecular weight is 468 g/mol. The zero-order valence-electron chi connectivity index (χ0n) is 18.3. The molecule has 1 fully saturated rings. The van der Waals surface area contributed by atoms with Crippen LogP contribution >= 0.6 is 11.6 Å². The molecule has 2 aliphatic rings. The van der Waals surface area contributed by atoms with E-state index in [1.165, 1.54) is 19.3 Å². The van der Waals surface area contributed by atoms with E-state index in [9.17, 15) is 4.79 Å². The van der Waals surface area contributed by atoms with Crippen LogP contribution in [0.1, 0.15) is 41.4 Å². The number of fused-ring (bicyclic) bond motifs is 1. The van der Waals surface area contributed by atoms with Crippen molar-refractivity contribution in [2.75, 3.05) is 32.8 Å². The quantitative estimate of drug-likeness (QED) is 0.565. The molecule has 2 aromatic carbocycles. The lowest BCUT2D eigenvalue weighted by Gasteiger charge is -2.35. The van der Waals surface area contributed by atoms with Gasteiger partial charge in [-0.1, -0.05) is 35.3 Å². The number of carbonyl (C=O) groups is 1. The van der Waals surface area contributed by atoms with Crippen LogP contribution in [0.15, 0.2) is 53.1 Å². The minimum atomic E-state index is -0.265. The van der Waals surface area contributed by atoms with Crippen LogP contribution in [0.25, 0.3) is 11.3 Å². The Hall–Kier alpha value is -3.03. The van der Waals surface area contributed by atoms with Crippen LogP contribution in [0.5, 0.6) is 11.5 Å². The lowest BCUT2D eigenvalue weighted by atomic mass is 10.0. The molecule has 33 heavy (non-hydrogen) atoms. The monoisotopic (exact) mass is 467 g/mol. The SMILES string of the molecule is O=C(NC[C@@H](c1ccc(Cl)cc1)N1CCCCC1)c1cc(-c2ccc3c(c2)OCCO3)on1. The van der Waals surface area contributed by atoms with Crippen LogP contribution in [0, 0.1) is 0 Å². The van der Waals surface area contributed by atoms with E-state index in [0.29, 0.717) is 42.0 Å². The highest BCUT2D eigenvalue weighted by Gasteiger charge is 2.24. The van der Waals surface area contributed by atoms with E-state index >= 15 is 0 Å². The Morgan fingerprint density at radius 1 is 1.00 bits per heavy atom. The van der Waals surface area contributed by atoms with Gasteiger partial charge in [-0.3, -0.25) is 9.69 Å². The van der Waals surface area contributed by atoms with Gasteiger partial charge in [0.05, 0.1) is 6.04 Å². The molecule has 0 spiro atoms. The second-order valence-electron chi connectivity index (χ2n) is 8.31. The molecule has 8 heteroatoms. The van der Waals surface area contributed by atoms with Gasteiger partial charge in [-0.05, 0) is 61.8 Å². The normalized spacial score (nSPS) is 16.9. The molecule has 0 aliphatic carbocycles. The molecular formula is C25H26ClN3O4. The molecule has 1 N–H and O–H groups in total. The maximum absolute atomic E-state index is 12.9. The Kier molecular flexibility index (Phi) is 6.51. The van der Waals surface area contributed by atoms with Crippen molar-refractivity contribution in [1.82, 2.24) is 15.4 Å². The fraction of sp³-hybridized carbons (Fsp3) is 0.360. The molecule has 0 saturated carbocycles. The van der Waals surface area contributed by atoms with Crippen LogP contribution in [-0.4, -0.2) is 48.8 Å². The first kappa shape index (κ1) is 21.8. The van der Waals surface area contributed by atoms with E-state index in [-0.39, 0.29) is 17.6 Å². The maximum Gasteiger partial charge on any atom is 0.273 e. The van der Waals surface area contributed by atoms with Gasteiger partial charge >= 0.3 is 0 Å². The highest BCUT2D eigenvalue weighted by molar-refractivity contribution is 6.30. The first-order chi connectivity index (χ1) is 16.2. The fourth-order valence-corrected chi connectivity index (χ4v) is 4.49. The van der Waals surface area contributed by atoms with Crippen molar-refractivity contribution in [3.05, 3.63) is 64.8 Å². The first-order valence-electron chi connectivity index (χ1n) is 11.3. The van der Waals surface area contributed by atoms with Crippen LogP contribution in [0.2, 0.25) is 5.02 Å². The van der Waals surface area contributed by atoms with Gasteiger partial charge in [0.2, 0.25) is 0 Å². The molecule has 1 amide bonds. The Morgan fingerprint density at radius 2 is 1.76 bits per heavy atom. The summed E-state index contributed by atoms with van der Waals surface area (Å²) in [6, 6.07) is 15.1. The van der Waals surface area contributed by atoms with Gasteiger partial charge in [-0.25, -0.2) is 0 Å². The van der Waals surface area contributed by atoms with E-state index in [1.54, 1.807) is 6.07 Å². The molecule has 0 radical (unpaired) electrons. The van der Waals surface area contributed by atoms with Crippen molar-refractivity contribution in [2.45, 2.75) is 25.3 Å². The molecule has 0 bridgehead atoms. The number of carbonyl (C=O) groups excluding carboxylic acids is 1. The molecule has 172 valence electrons. The smallest absolute Gasteiger partial charge is 0.273 e. The van der Waals surface area contributed by atoms with Gasteiger partial charge in [0.25, 0.3) is 5.91 Å². The van der Waals surface area contributed by atoms with Crippen molar-refractivity contribution in [3.8, 4) is 22.8 Å². The summed E-state index contributed by atoms with van der Waals surface area (Å²) in [6.45, 7) is 3.55. The number of likely N-dealkylation sites (tertiary alicyclic amines) is 1. The maximum atomic E-state index is 12.9. The molecule has 1 saturated heterocycles. The van der Waals surface area contributed by atoms with Gasteiger partial charge < -0.3 is 19.3 Å². The van der Waals surface area contributed by atoms with Crippen LogP contribution in [0.3, 0.4) is 0 Å². The number of aromatic nitrogens is 1. The standard InChI is InChI=1S/C25H26ClN3O4/c26-19-7-4-17(5-8-19)21(29-10-2-1-3-11-29)16-27-25(30)20-15-23(33-28-20)18-6-9-22-24(14-18)32-13-12-31-22/h4-9,14-15,21H,1-3,10-13,16H2,(H,27,30)/t21-/m0/s1. The highest BCUT2D eigenvalue weighted by Crippen LogP contribution is 2.34. The lowest BCUT2D eigenvalue weighted by Crippen LogP contribution is -2.40. The number of amides is 1. The van der Waals surface area contributed by atoms with Crippen LogP contribution < -0.4 is 14.8 Å². The molecular weight excluding hydrogens is 442 g/mol. The number of nitrogens with zero attached hydrogens (tertiary/aromatic N) is 2. The molecule has 1 atom stereocenters. The Morgan fingerprint density at radius 3 is 2.55 bits per heavy atom. The number of nitrogens with one attached hydrogen (secondary N) is 1. The van der Waals surface area contributed by atoms with Gasteiger partial charge in [-0.15, -0.1) is 0 Å². The number of halogens is 1. The predicted octanol–water partition coefficient (Wildman–Crippen LogP) is 4.72. The van der Waals surface area contributed by atoms with E-state index in [2.05, 4.69) is 15.4 Å². The number of hydrogen-bond donors (Lipinski definition) is 1. The Labute approximate surface area is 197 Å². The van der Waals surface area contributed by atoms with Crippen molar-refractivity contribution in [3.63, 3.8) is 0 Å². The molecule has 5 rings (SSSR count). The van der Waals surface area contributed by atoms with Crippen molar-refractivity contribution in [1.29, 1.82) is 0 Å². The summed E-state index contributed by atoms with van der Waals surface area (Å²) < 4.78 is 16.6. The van der Waals surface area contributed by atoms with E-state index < -0.39 is 0 Å². The van der Waals surface area contributed by atoms with Gasteiger partial charge in [0, 0.05) is 23.2 Å². The Balaban J connectivity index is 1.28. The van der Waals surface area contributed by atoms with Gasteiger partial charge in [-0.2, -0.15) is 0 Å². The minimum Gasteiger partial charge on any atom is -0.486 e. The second kappa shape index (κ2) is 9.85. The zero-order chi connectivity index (χ0) is 22.6. The van der Waals surface area contributed by atoms with E-state index in [1.807, 2.05) is 42.5 Å². The molecule has 0 unspecified atom stereocenters. The molecule has 3 heterocycles. The number of hydrogen-bond acceptors (Lipinski definition) is 6. The average Bonchev–Trinajstić information content (AvgIpc) is 3.36. The summed E-state index contributed by atoms with van der Waals surface area (Å²) >= 11 is 6.08. The van der Waals surface area contributed by atoms with Gasteiger partial charge in [0.15, 0.2) is 23.0 Å². The third kappa shape index (κ3) is 4.99. The van der Waals surface area contributed by atoms with Crippen molar-refractivity contribution < 1.29 is 18.8 Å². The summed E-state index contributed by atoms with van der Waals surface area (Å²) in [7, 11) is 0. The summed E-state index contributed by atoms with van der Waals surface area (Å²) in [5.41, 5.74) is 2.16. The fourth-order valence-electron chi connectivity index (χ4n) is 4.37. The van der Waals surface area contributed by atoms with Crippen LogP contribution in [0.4, 0.5) is 0 Å². The third-order valence-corrected chi connectivity index (χ3v) is 6.36. The predicted molar refractivity (Wildman–Crippen MR) is 125 cm³/mol. The van der Waals surface area contributed by atoms with Crippen molar-refractivity contribution in [2.24, 2.45) is 0 Å². The molecule has 7 nitrogen and oxygen atoms in total. The van der Waals surface area contributed by atoms with E-state index in [0.717, 1.165) is 24.2 Å². The largest absolute Gasteiger partial charge is 0.486 e. The van der Waals surface area contributed by atoms with Crippen molar-refractivity contribution >= 4 is 17.5 Å². The summed E-state index contributed by atoms with van der Waals surface area (Å²) in [5.74, 6) is 1.60. The Bertz CT molecular complexity index is 1110. The zero-order valence-corrected chi connectivity index (χ0v) is 19.0. The summed E-state index contributed by atoms with van der Waals surface area (Å²) in [6.07, 6.45) is 3.58. The second-order valence-corrected chi connectivity index (χ2v) is 8.75.